The van der Waals surface area contributed by atoms with Crippen molar-refractivity contribution in [1.82, 2.24) is 24.6 Å². The minimum atomic E-state index is -0.611. The third-order valence-corrected chi connectivity index (χ3v) is 4.84. The van der Waals surface area contributed by atoms with Gasteiger partial charge in [0.1, 0.15) is 17.9 Å². The van der Waals surface area contributed by atoms with Crippen LogP contribution in [0.15, 0.2) is 42.9 Å². The predicted molar refractivity (Wildman–Crippen MR) is 127 cm³/mol. The quantitative estimate of drug-likeness (QED) is 0.316. The highest BCUT2D eigenvalue weighted by molar-refractivity contribution is 14.1. The van der Waals surface area contributed by atoms with Crippen molar-refractivity contribution in [3.63, 3.8) is 0 Å². The van der Waals surface area contributed by atoms with Crippen molar-refractivity contribution in [3.8, 4) is 5.75 Å². The number of hydrogen-bond donors (Lipinski definition) is 1. The summed E-state index contributed by atoms with van der Waals surface area (Å²) in [5.74, 6) is -0.670. The second-order valence-corrected chi connectivity index (χ2v) is 7.32. The van der Waals surface area contributed by atoms with Crippen LogP contribution in [0.1, 0.15) is 17.4 Å². The summed E-state index contributed by atoms with van der Waals surface area (Å²) < 4.78 is 21.8. The van der Waals surface area contributed by atoms with Crippen molar-refractivity contribution < 1.29 is 13.9 Å². The molecule has 0 bridgehead atoms. The van der Waals surface area contributed by atoms with E-state index in [0.717, 1.165) is 15.8 Å². The normalized spacial score (nSPS) is 10.4. The lowest BCUT2D eigenvalue weighted by molar-refractivity contribution is 0.0943. The van der Waals surface area contributed by atoms with E-state index in [0.29, 0.717) is 31.9 Å². The molecule has 0 fully saturated rings. The van der Waals surface area contributed by atoms with Crippen LogP contribution in [0.4, 0.5) is 4.39 Å². The first-order chi connectivity index (χ1) is 13.6. The number of amides is 1. The number of rotatable bonds is 9. The Bertz CT molecular complexity index is 960. The maximum absolute atomic E-state index is 13.4. The molecule has 0 radical (unpaired) electrons. The van der Waals surface area contributed by atoms with Gasteiger partial charge in [-0.25, -0.2) is 9.97 Å². The number of carbonyl (C=O) groups excluding carboxylic acids is 1. The summed E-state index contributed by atoms with van der Waals surface area (Å²) in [6, 6.07) is 7.01. The first-order valence-electron chi connectivity index (χ1n) is 8.95. The van der Waals surface area contributed by atoms with Crippen LogP contribution in [0, 0.1) is 9.52 Å². The highest BCUT2D eigenvalue weighted by Crippen LogP contribution is 2.12. The summed E-state index contributed by atoms with van der Waals surface area (Å²) in [4.78, 5) is 22.3. The summed E-state index contributed by atoms with van der Waals surface area (Å²) in [6.45, 7) is 4.92. The monoisotopic (exact) mass is 569 g/mol. The number of likely N-dealkylation sites (N-methyl/N-ethyl adjacent to an activating group) is 1. The van der Waals surface area contributed by atoms with E-state index >= 15 is 0 Å². The van der Waals surface area contributed by atoms with Crippen LogP contribution in [-0.4, -0.2) is 58.0 Å². The molecule has 0 aliphatic rings. The molecule has 164 valence electrons. The number of fused-ring (bicyclic) bond motifs is 1. The molecular formula is C19H23Cl2FIN5O2. The number of nitrogens with one attached hydrogen (secondary N) is 1. The number of carbonyl (C=O) groups is 1. The van der Waals surface area contributed by atoms with Gasteiger partial charge in [0.15, 0.2) is 5.75 Å². The van der Waals surface area contributed by atoms with Gasteiger partial charge in [-0.3, -0.25) is 9.69 Å². The molecule has 1 amide bonds. The van der Waals surface area contributed by atoms with Crippen molar-refractivity contribution in [3.05, 3.63) is 58.1 Å². The number of halogens is 4. The van der Waals surface area contributed by atoms with Crippen LogP contribution >= 0.6 is 47.4 Å². The van der Waals surface area contributed by atoms with Gasteiger partial charge in [0.25, 0.3) is 11.9 Å². The van der Waals surface area contributed by atoms with Crippen molar-refractivity contribution in [2.24, 2.45) is 0 Å². The standard InChI is InChI=1S/C19H21FIN5O2.2ClH/c1-2-25(10-11-28-16-4-3-7-22-18(16)20)9-8-23-19(27)15-13-26-12-14(21)5-6-17(26)24-15;;/h3-7,12-13H,2,8-11H2,1H3,(H,23,27);2*1H. The third kappa shape index (κ3) is 7.22. The van der Waals surface area contributed by atoms with Crippen molar-refractivity contribution in [2.45, 2.75) is 6.92 Å². The molecule has 3 heterocycles. The molecule has 30 heavy (non-hydrogen) atoms. The molecule has 7 nitrogen and oxygen atoms in total. The molecule has 0 saturated heterocycles. The Labute approximate surface area is 200 Å². The first kappa shape index (κ1) is 26.3. The average Bonchev–Trinajstić information content (AvgIpc) is 3.11. The lowest BCUT2D eigenvalue weighted by atomic mass is 10.4. The zero-order valence-electron chi connectivity index (χ0n) is 16.3. The Morgan fingerprint density at radius 1 is 1.27 bits per heavy atom. The van der Waals surface area contributed by atoms with Gasteiger partial charge < -0.3 is 14.5 Å². The van der Waals surface area contributed by atoms with Crippen LogP contribution in [0.5, 0.6) is 5.75 Å². The minimum Gasteiger partial charge on any atom is -0.487 e. The molecule has 0 aliphatic carbocycles. The number of nitrogens with zero attached hydrogens (tertiary/aromatic N) is 4. The van der Waals surface area contributed by atoms with E-state index in [1.165, 1.54) is 6.20 Å². The Morgan fingerprint density at radius 3 is 2.80 bits per heavy atom. The number of aromatic nitrogens is 3. The van der Waals surface area contributed by atoms with Crippen LogP contribution < -0.4 is 10.1 Å². The molecule has 0 aliphatic heterocycles. The van der Waals surface area contributed by atoms with Crippen LogP contribution in [0.25, 0.3) is 5.65 Å². The fourth-order valence-corrected chi connectivity index (χ4v) is 3.16. The predicted octanol–water partition coefficient (Wildman–Crippen LogP) is 3.45. The van der Waals surface area contributed by atoms with Gasteiger partial charge in [-0.15, -0.1) is 24.8 Å². The molecule has 3 aromatic rings. The topological polar surface area (TPSA) is 71.8 Å². The summed E-state index contributed by atoms with van der Waals surface area (Å²) in [5, 5.41) is 2.89. The zero-order valence-corrected chi connectivity index (χ0v) is 20.0. The van der Waals surface area contributed by atoms with Gasteiger partial charge in [0.2, 0.25) is 0 Å². The molecule has 0 atom stereocenters. The second kappa shape index (κ2) is 12.9. The Balaban J connectivity index is 0.00000225. The van der Waals surface area contributed by atoms with Gasteiger partial charge >= 0.3 is 0 Å². The second-order valence-electron chi connectivity index (χ2n) is 6.07. The van der Waals surface area contributed by atoms with E-state index < -0.39 is 5.95 Å². The fourth-order valence-electron chi connectivity index (χ4n) is 2.68. The fraction of sp³-hybridized carbons (Fsp3) is 0.316. The number of imidazole rings is 1. The summed E-state index contributed by atoms with van der Waals surface area (Å²) >= 11 is 2.22. The lowest BCUT2D eigenvalue weighted by Gasteiger charge is -2.20. The van der Waals surface area contributed by atoms with Crippen LogP contribution in [0.2, 0.25) is 0 Å². The van der Waals surface area contributed by atoms with Crippen molar-refractivity contribution in [2.75, 3.05) is 32.8 Å². The van der Waals surface area contributed by atoms with E-state index in [-0.39, 0.29) is 36.5 Å². The Kier molecular flexibility index (Phi) is 11.3. The molecule has 0 unspecified atom stereocenters. The van der Waals surface area contributed by atoms with E-state index in [1.807, 2.05) is 29.7 Å². The van der Waals surface area contributed by atoms with Gasteiger partial charge in [-0.2, -0.15) is 4.39 Å². The summed E-state index contributed by atoms with van der Waals surface area (Å²) in [6.07, 6.45) is 5.03. The summed E-state index contributed by atoms with van der Waals surface area (Å²) in [7, 11) is 0. The van der Waals surface area contributed by atoms with Gasteiger partial charge in [-0.05, 0) is 53.4 Å². The molecule has 1 N–H and O–H groups in total. The smallest absolute Gasteiger partial charge is 0.271 e. The van der Waals surface area contributed by atoms with Crippen LogP contribution in [0.3, 0.4) is 0 Å². The van der Waals surface area contributed by atoms with Gasteiger partial charge in [0, 0.05) is 41.8 Å². The zero-order chi connectivity index (χ0) is 19.9. The lowest BCUT2D eigenvalue weighted by Crippen LogP contribution is -2.37. The SMILES string of the molecule is CCN(CCNC(=O)c1cn2cc(I)ccc2n1)CCOc1cccnc1F.Cl.Cl. The maximum Gasteiger partial charge on any atom is 0.271 e. The molecule has 3 aromatic heterocycles. The molecular weight excluding hydrogens is 547 g/mol. The molecule has 0 saturated carbocycles. The van der Waals surface area contributed by atoms with E-state index in [9.17, 15) is 9.18 Å². The molecule has 11 heteroatoms. The third-order valence-electron chi connectivity index (χ3n) is 4.20. The largest absolute Gasteiger partial charge is 0.487 e. The molecule has 0 spiro atoms. The van der Waals surface area contributed by atoms with E-state index in [1.54, 1.807) is 18.3 Å². The first-order valence-corrected chi connectivity index (χ1v) is 10.0. The van der Waals surface area contributed by atoms with Crippen molar-refractivity contribution >= 4 is 59.0 Å². The molecule has 0 aromatic carbocycles. The summed E-state index contributed by atoms with van der Waals surface area (Å²) in [5.41, 5.74) is 1.13. The number of pyridine rings is 2. The van der Waals surface area contributed by atoms with Crippen LogP contribution in [-0.2, 0) is 0 Å². The van der Waals surface area contributed by atoms with Gasteiger partial charge in [-0.1, -0.05) is 6.92 Å². The average molecular weight is 570 g/mol. The minimum absolute atomic E-state index is 0. The van der Waals surface area contributed by atoms with Crippen molar-refractivity contribution in [1.29, 1.82) is 0 Å². The van der Waals surface area contributed by atoms with E-state index in [2.05, 4.69) is 42.8 Å². The number of hydrogen-bond acceptors (Lipinski definition) is 5. The highest BCUT2D eigenvalue weighted by atomic mass is 127. The Hall–Kier alpha value is -1.69. The van der Waals surface area contributed by atoms with Gasteiger partial charge in [0.05, 0.1) is 0 Å². The maximum atomic E-state index is 13.4. The Morgan fingerprint density at radius 2 is 2.07 bits per heavy atom. The van der Waals surface area contributed by atoms with E-state index in [4.69, 9.17) is 4.74 Å². The number of ether oxygens (including phenoxy) is 1. The molecule has 3 rings (SSSR count). The highest BCUT2D eigenvalue weighted by Gasteiger charge is 2.11.